The molecule has 0 spiro atoms. The standard InChI is InChI=1S/3C4H8O.3ClH.Sc/c3*1-2-4-5-3-1;;;;/h3*1-4H2;3*1H;/q;;;;;;+3/p-3. The number of hydrogen-bond acceptors (Lipinski definition) is 3. The molecule has 0 unspecified atom stereocenters. The zero-order valence-corrected chi connectivity index (χ0v) is 15.5. The zero-order chi connectivity index (χ0) is 14.2. The number of rotatable bonds is 0. The molecule has 0 aromatic heterocycles. The van der Waals surface area contributed by atoms with Gasteiger partial charge in [0.15, 0.2) is 0 Å². The van der Waals surface area contributed by atoms with E-state index in [1.54, 1.807) is 0 Å². The normalized spacial score (nSPS) is 20.4. The van der Waals surface area contributed by atoms with Crippen LogP contribution in [-0.4, -0.2) is 39.6 Å². The molecule has 3 nitrogen and oxygen atoms in total. The van der Waals surface area contributed by atoms with Crippen molar-refractivity contribution in [3.8, 4) is 0 Å². The Balaban J connectivity index is 0.000000229. The van der Waals surface area contributed by atoms with Crippen molar-refractivity contribution in [1.29, 1.82) is 0 Å². The minimum atomic E-state index is -2.06. The van der Waals surface area contributed by atoms with Gasteiger partial charge in [0.25, 0.3) is 0 Å². The van der Waals surface area contributed by atoms with Gasteiger partial charge in [0, 0.05) is 39.6 Å². The van der Waals surface area contributed by atoms with Crippen molar-refractivity contribution in [3.05, 3.63) is 0 Å². The van der Waals surface area contributed by atoms with Crippen molar-refractivity contribution < 1.29 is 32.1 Å². The Hall–Kier alpha value is 1.62. The van der Waals surface area contributed by atoms with E-state index in [-0.39, 0.29) is 0 Å². The molecule has 3 aliphatic rings. The van der Waals surface area contributed by atoms with Crippen LogP contribution in [0.1, 0.15) is 38.5 Å². The summed E-state index contributed by atoms with van der Waals surface area (Å²) in [6.07, 6.45) is 7.67. The van der Waals surface area contributed by atoms with Crippen LogP contribution in [0.3, 0.4) is 0 Å². The molecular weight excluding hydrogens is 343 g/mol. The van der Waals surface area contributed by atoms with E-state index in [0.717, 1.165) is 39.6 Å². The zero-order valence-electron chi connectivity index (χ0n) is 11.4. The quantitative estimate of drug-likeness (QED) is 0.633. The van der Waals surface area contributed by atoms with Crippen molar-refractivity contribution in [2.75, 3.05) is 39.6 Å². The van der Waals surface area contributed by atoms with E-state index in [2.05, 4.69) is 0 Å². The fraction of sp³-hybridized carbons (Fsp3) is 1.00. The molecule has 7 heteroatoms. The molecule has 3 aliphatic heterocycles. The third kappa shape index (κ3) is 22.1. The van der Waals surface area contributed by atoms with Gasteiger partial charge in [-0.15, -0.1) is 0 Å². The van der Waals surface area contributed by atoms with E-state index in [4.69, 9.17) is 39.9 Å². The second kappa shape index (κ2) is 17.7. The van der Waals surface area contributed by atoms with Crippen LogP contribution in [-0.2, 0) is 32.1 Å². The van der Waals surface area contributed by atoms with Gasteiger partial charge in [-0.3, -0.25) is 0 Å². The summed E-state index contributed by atoms with van der Waals surface area (Å²) in [4.78, 5) is 0. The monoisotopic (exact) mass is 366 g/mol. The van der Waals surface area contributed by atoms with Gasteiger partial charge in [0.1, 0.15) is 0 Å². The fourth-order valence-electron chi connectivity index (χ4n) is 1.53. The summed E-state index contributed by atoms with van der Waals surface area (Å²) in [7, 11) is 15.0. The van der Waals surface area contributed by atoms with Gasteiger partial charge in [-0.1, -0.05) is 0 Å². The average Bonchev–Trinajstić information content (AvgIpc) is 3.18. The molecule has 0 radical (unpaired) electrons. The van der Waals surface area contributed by atoms with Crippen LogP contribution in [0.25, 0.3) is 0 Å². The molecule has 0 aromatic rings. The summed E-state index contributed by atoms with van der Waals surface area (Å²) in [5, 5.41) is 0. The molecule has 0 N–H and O–H groups in total. The Labute approximate surface area is 135 Å². The Morgan fingerprint density at radius 3 is 0.684 bits per heavy atom. The van der Waals surface area contributed by atoms with Crippen LogP contribution in [0, 0.1) is 0 Å². The van der Waals surface area contributed by atoms with E-state index in [1.165, 1.54) is 38.5 Å². The van der Waals surface area contributed by atoms with E-state index in [9.17, 15) is 0 Å². The van der Waals surface area contributed by atoms with Gasteiger partial charge in [-0.25, -0.2) is 0 Å². The van der Waals surface area contributed by atoms with Gasteiger partial charge in [-0.05, 0) is 38.5 Å². The van der Waals surface area contributed by atoms with E-state index < -0.39 is 17.9 Å². The molecule has 114 valence electrons. The summed E-state index contributed by atoms with van der Waals surface area (Å²) in [5.74, 6) is 0. The molecule has 19 heavy (non-hydrogen) atoms. The molecule has 3 heterocycles. The van der Waals surface area contributed by atoms with Crippen LogP contribution in [0.5, 0.6) is 0 Å². The van der Waals surface area contributed by atoms with Crippen LogP contribution in [0.15, 0.2) is 0 Å². The average molecular weight is 368 g/mol. The summed E-state index contributed by atoms with van der Waals surface area (Å²) in [6, 6.07) is 0. The van der Waals surface area contributed by atoms with E-state index >= 15 is 0 Å². The first-order valence-corrected chi connectivity index (χ1v) is 14.3. The first-order valence-electron chi connectivity index (χ1n) is 6.89. The third-order valence-electron chi connectivity index (χ3n) is 2.48. The summed E-state index contributed by atoms with van der Waals surface area (Å²) in [5.41, 5.74) is 0. The van der Waals surface area contributed by atoms with Crippen LogP contribution in [0.2, 0.25) is 0 Å². The second-order valence-corrected chi connectivity index (χ2v) is 13.1. The van der Waals surface area contributed by atoms with Crippen LogP contribution in [0.4, 0.5) is 0 Å². The maximum absolute atomic E-state index is 4.99. The molecular formula is C12H24Cl3O3Sc. The predicted molar refractivity (Wildman–Crippen MR) is 77.7 cm³/mol. The molecule has 3 rings (SSSR count). The van der Waals surface area contributed by atoms with Crippen molar-refractivity contribution in [2.45, 2.75) is 38.5 Å². The van der Waals surface area contributed by atoms with Gasteiger partial charge in [-0.2, -0.15) is 0 Å². The first-order chi connectivity index (χ1) is 9.23. The van der Waals surface area contributed by atoms with Gasteiger partial charge in [0.2, 0.25) is 0 Å². The molecule has 0 aromatic carbocycles. The van der Waals surface area contributed by atoms with Crippen LogP contribution < -0.4 is 0 Å². The summed E-state index contributed by atoms with van der Waals surface area (Å²) < 4.78 is 14.8. The Morgan fingerprint density at radius 1 is 0.474 bits per heavy atom. The van der Waals surface area contributed by atoms with Gasteiger partial charge in [0.05, 0.1) is 0 Å². The number of hydrogen-bond donors (Lipinski definition) is 0. The van der Waals surface area contributed by atoms with Crippen LogP contribution >= 0.6 is 25.7 Å². The Morgan fingerprint density at radius 2 is 0.632 bits per heavy atom. The third-order valence-corrected chi connectivity index (χ3v) is 2.48. The van der Waals surface area contributed by atoms with Crippen molar-refractivity contribution in [3.63, 3.8) is 0 Å². The van der Waals surface area contributed by atoms with Crippen molar-refractivity contribution in [2.24, 2.45) is 0 Å². The van der Waals surface area contributed by atoms with E-state index in [1.807, 2.05) is 0 Å². The van der Waals surface area contributed by atoms with Crippen molar-refractivity contribution in [1.82, 2.24) is 0 Å². The Bertz CT molecular complexity index is 115. The van der Waals surface area contributed by atoms with E-state index in [0.29, 0.717) is 0 Å². The molecule has 0 aliphatic carbocycles. The molecule has 0 atom stereocenters. The summed E-state index contributed by atoms with van der Waals surface area (Å²) >= 11 is -2.06. The fourth-order valence-corrected chi connectivity index (χ4v) is 1.53. The molecule has 3 fully saturated rings. The first kappa shape index (κ1) is 20.6. The topological polar surface area (TPSA) is 27.7 Å². The van der Waals surface area contributed by atoms with Crippen molar-refractivity contribution >= 4 is 25.7 Å². The molecule has 0 amide bonds. The number of halogens is 3. The maximum atomic E-state index is 4.99. The molecule has 0 saturated carbocycles. The number of ether oxygens (including phenoxy) is 3. The van der Waals surface area contributed by atoms with Gasteiger partial charge < -0.3 is 14.2 Å². The Kier molecular flexibility index (Phi) is 19.2. The minimum absolute atomic E-state index is 1.00. The molecule has 3 saturated heterocycles. The SMILES string of the molecule is C1CCOC1.C1CCOC1.C1CCOC1.[Cl][Sc]([Cl])[Cl]. The predicted octanol–water partition coefficient (Wildman–Crippen LogP) is 4.46. The summed E-state index contributed by atoms with van der Waals surface area (Å²) in [6.45, 7) is 6.00. The molecule has 0 bridgehead atoms. The second-order valence-electron chi connectivity index (χ2n) is 4.21. The van der Waals surface area contributed by atoms with Gasteiger partial charge >= 0.3 is 43.6 Å².